The van der Waals surface area contributed by atoms with Crippen molar-refractivity contribution in [1.82, 2.24) is 14.2 Å². The molecule has 1 amide bonds. The van der Waals surface area contributed by atoms with Crippen molar-refractivity contribution in [3.63, 3.8) is 0 Å². The zero-order valence-electron chi connectivity index (χ0n) is 18.5. The summed E-state index contributed by atoms with van der Waals surface area (Å²) in [5.74, 6) is 0.343. The van der Waals surface area contributed by atoms with E-state index >= 15 is 0 Å². The lowest BCUT2D eigenvalue weighted by atomic mass is 10.1. The molecule has 11 heteroatoms. The number of ether oxygens (including phenoxy) is 1. The van der Waals surface area contributed by atoms with Gasteiger partial charge in [-0.1, -0.05) is 6.07 Å². The molecule has 0 radical (unpaired) electrons. The molecule has 0 N–H and O–H groups in total. The van der Waals surface area contributed by atoms with Gasteiger partial charge >= 0.3 is 6.18 Å². The van der Waals surface area contributed by atoms with Gasteiger partial charge in [0.2, 0.25) is 10.0 Å². The molecule has 1 aliphatic rings. The standard InChI is InChI=1S/C23H22F3N3O4S/c1-15-20(13-16-12-18(33-2)6-7-21(16)27-15)22(30)28-8-10-29(11-9-28)34(31,32)19-5-3-4-17(14-19)23(24,25)26/h3-7,12-14H,8-11H2,1-2H3. The predicted octanol–water partition coefficient (Wildman–Crippen LogP) is 3.72. The fraction of sp³-hybridized carbons (Fsp3) is 0.304. The number of carbonyl (C=O) groups excluding carboxylic acids is 1. The van der Waals surface area contributed by atoms with E-state index in [0.717, 1.165) is 27.9 Å². The zero-order chi connectivity index (χ0) is 24.7. The second-order valence-electron chi connectivity index (χ2n) is 7.90. The molecule has 1 aliphatic heterocycles. The Morgan fingerprint density at radius 3 is 2.38 bits per heavy atom. The summed E-state index contributed by atoms with van der Waals surface area (Å²) in [5, 5.41) is 0.735. The van der Waals surface area contributed by atoms with E-state index in [0.29, 0.717) is 28.6 Å². The second kappa shape index (κ2) is 8.88. The molecule has 0 unspecified atom stereocenters. The van der Waals surface area contributed by atoms with Crippen molar-refractivity contribution in [1.29, 1.82) is 0 Å². The Bertz CT molecular complexity index is 1350. The number of rotatable bonds is 4. The van der Waals surface area contributed by atoms with Gasteiger partial charge in [0, 0.05) is 31.6 Å². The SMILES string of the molecule is COc1ccc2nc(C)c(C(=O)N3CCN(S(=O)(=O)c4cccc(C(F)(F)F)c4)CC3)cc2c1. The number of carbonyl (C=O) groups is 1. The van der Waals surface area contributed by atoms with Crippen molar-refractivity contribution in [2.75, 3.05) is 33.3 Å². The third-order valence-electron chi connectivity index (χ3n) is 5.77. The number of amides is 1. The Labute approximate surface area is 194 Å². The van der Waals surface area contributed by atoms with Crippen LogP contribution in [0.25, 0.3) is 10.9 Å². The van der Waals surface area contributed by atoms with Gasteiger partial charge in [0.15, 0.2) is 0 Å². The quantitative estimate of drug-likeness (QED) is 0.554. The number of halogens is 3. The number of aryl methyl sites for hydroxylation is 1. The molecular formula is C23H22F3N3O4S. The Balaban J connectivity index is 1.52. The number of hydrogen-bond donors (Lipinski definition) is 0. The lowest BCUT2D eigenvalue weighted by Gasteiger charge is -2.34. The number of benzene rings is 2. The summed E-state index contributed by atoms with van der Waals surface area (Å²) in [5.41, 5.74) is 0.627. The number of nitrogens with zero attached hydrogens (tertiary/aromatic N) is 3. The zero-order valence-corrected chi connectivity index (χ0v) is 19.3. The first-order valence-electron chi connectivity index (χ1n) is 10.4. The molecule has 3 aromatic rings. The molecule has 180 valence electrons. The van der Waals surface area contributed by atoms with E-state index in [9.17, 15) is 26.4 Å². The molecule has 1 fully saturated rings. The minimum Gasteiger partial charge on any atom is -0.497 e. The number of piperazine rings is 1. The lowest BCUT2D eigenvalue weighted by molar-refractivity contribution is -0.137. The lowest BCUT2D eigenvalue weighted by Crippen LogP contribution is -2.50. The largest absolute Gasteiger partial charge is 0.497 e. The molecular weight excluding hydrogens is 471 g/mol. The molecule has 0 bridgehead atoms. The fourth-order valence-corrected chi connectivity index (χ4v) is 5.35. The summed E-state index contributed by atoms with van der Waals surface area (Å²) in [6.07, 6.45) is -4.65. The molecule has 0 spiro atoms. The highest BCUT2D eigenvalue weighted by Crippen LogP contribution is 2.31. The molecule has 0 atom stereocenters. The van der Waals surface area contributed by atoms with Gasteiger partial charge in [0.25, 0.3) is 5.91 Å². The first-order valence-corrected chi connectivity index (χ1v) is 11.9. The van der Waals surface area contributed by atoms with Crippen molar-refractivity contribution < 1.29 is 31.1 Å². The number of sulfonamides is 1. The topological polar surface area (TPSA) is 79.8 Å². The summed E-state index contributed by atoms with van der Waals surface area (Å²) in [6.45, 7) is 1.88. The van der Waals surface area contributed by atoms with E-state index in [-0.39, 0.29) is 32.1 Å². The molecule has 34 heavy (non-hydrogen) atoms. The van der Waals surface area contributed by atoms with Gasteiger partial charge < -0.3 is 9.64 Å². The van der Waals surface area contributed by atoms with Crippen molar-refractivity contribution in [2.45, 2.75) is 18.0 Å². The van der Waals surface area contributed by atoms with Crippen LogP contribution in [0.3, 0.4) is 0 Å². The number of alkyl halides is 3. The highest BCUT2D eigenvalue weighted by Gasteiger charge is 2.34. The molecule has 2 heterocycles. The average Bonchev–Trinajstić information content (AvgIpc) is 2.82. The van der Waals surface area contributed by atoms with Crippen LogP contribution in [-0.4, -0.2) is 61.8 Å². The van der Waals surface area contributed by atoms with Crippen LogP contribution in [0.4, 0.5) is 13.2 Å². The maximum Gasteiger partial charge on any atom is 0.416 e. The monoisotopic (exact) mass is 493 g/mol. The highest BCUT2D eigenvalue weighted by molar-refractivity contribution is 7.89. The van der Waals surface area contributed by atoms with Gasteiger partial charge in [-0.3, -0.25) is 9.78 Å². The first-order chi connectivity index (χ1) is 16.0. The third kappa shape index (κ3) is 4.58. The van der Waals surface area contributed by atoms with Gasteiger partial charge in [-0.05, 0) is 49.4 Å². The van der Waals surface area contributed by atoms with Crippen molar-refractivity contribution >= 4 is 26.8 Å². The maximum absolute atomic E-state index is 13.2. The molecule has 0 saturated carbocycles. The Morgan fingerprint density at radius 1 is 1.03 bits per heavy atom. The molecule has 4 rings (SSSR count). The smallest absolute Gasteiger partial charge is 0.416 e. The van der Waals surface area contributed by atoms with E-state index in [1.807, 2.05) is 0 Å². The summed E-state index contributed by atoms with van der Waals surface area (Å²) in [7, 11) is -2.59. The second-order valence-corrected chi connectivity index (χ2v) is 9.84. The van der Waals surface area contributed by atoms with E-state index in [2.05, 4.69) is 4.98 Å². The van der Waals surface area contributed by atoms with Gasteiger partial charge in [-0.25, -0.2) is 8.42 Å². The maximum atomic E-state index is 13.2. The summed E-state index contributed by atoms with van der Waals surface area (Å²) in [6, 6.07) is 10.7. The van der Waals surface area contributed by atoms with Gasteiger partial charge in [-0.15, -0.1) is 0 Å². The Kier molecular flexibility index (Phi) is 6.26. The molecule has 7 nitrogen and oxygen atoms in total. The number of fused-ring (bicyclic) bond motifs is 1. The van der Waals surface area contributed by atoms with Crippen LogP contribution < -0.4 is 4.74 Å². The van der Waals surface area contributed by atoms with Crippen LogP contribution in [0.1, 0.15) is 21.6 Å². The van der Waals surface area contributed by atoms with Crippen LogP contribution in [0, 0.1) is 6.92 Å². The molecule has 0 aliphatic carbocycles. The van der Waals surface area contributed by atoms with Gasteiger partial charge in [0.1, 0.15) is 5.75 Å². The van der Waals surface area contributed by atoms with Crippen LogP contribution in [0.15, 0.2) is 53.4 Å². The van der Waals surface area contributed by atoms with Crippen LogP contribution in [0.5, 0.6) is 5.75 Å². The van der Waals surface area contributed by atoms with Crippen LogP contribution >= 0.6 is 0 Å². The Morgan fingerprint density at radius 2 is 1.74 bits per heavy atom. The predicted molar refractivity (Wildman–Crippen MR) is 119 cm³/mol. The molecule has 1 saturated heterocycles. The summed E-state index contributed by atoms with van der Waals surface area (Å²) >= 11 is 0. The van der Waals surface area contributed by atoms with Crippen LogP contribution in [0.2, 0.25) is 0 Å². The van der Waals surface area contributed by atoms with Crippen molar-refractivity contribution in [2.24, 2.45) is 0 Å². The number of aromatic nitrogens is 1. The first kappa shape index (κ1) is 24.0. The van der Waals surface area contributed by atoms with Crippen molar-refractivity contribution in [3.05, 3.63) is 65.4 Å². The van der Waals surface area contributed by atoms with E-state index in [4.69, 9.17) is 4.74 Å². The van der Waals surface area contributed by atoms with Crippen molar-refractivity contribution in [3.8, 4) is 5.75 Å². The van der Waals surface area contributed by atoms with Gasteiger partial charge in [-0.2, -0.15) is 17.5 Å². The van der Waals surface area contributed by atoms with E-state index < -0.39 is 26.7 Å². The number of methoxy groups -OCH3 is 1. The average molecular weight is 494 g/mol. The normalized spacial score (nSPS) is 15.5. The van der Waals surface area contributed by atoms with E-state index in [1.165, 1.54) is 4.90 Å². The summed E-state index contributed by atoms with van der Waals surface area (Å²) < 4.78 is 71.2. The minimum atomic E-state index is -4.65. The van der Waals surface area contributed by atoms with Crippen LogP contribution in [-0.2, 0) is 16.2 Å². The summed E-state index contributed by atoms with van der Waals surface area (Å²) in [4.78, 5) is 18.7. The molecule has 1 aromatic heterocycles. The number of pyridine rings is 1. The highest BCUT2D eigenvalue weighted by atomic mass is 32.2. The Hall–Kier alpha value is -3.18. The minimum absolute atomic E-state index is 0.0296. The number of hydrogen-bond acceptors (Lipinski definition) is 5. The van der Waals surface area contributed by atoms with E-state index in [1.54, 1.807) is 38.3 Å². The molecule has 2 aromatic carbocycles. The van der Waals surface area contributed by atoms with Gasteiger partial charge in [0.05, 0.1) is 34.3 Å². The fourth-order valence-electron chi connectivity index (χ4n) is 3.88. The third-order valence-corrected chi connectivity index (χ3v) is 7.66.